The van der Waals surface area contributed by atoms with E-state index in [1.807, 2.05) is 31.2 Å². The molecule has 3 nitrogen and oxygen atoms in total. The molecule has 126 valence electrons. The molecule has 0 saturated heterocycles. The molecule has 0 unspecified atom stereocenters. The normalized spacial score (nSPS) is 11.0. The van der Waals surface area contributed by atoms with E-state index >= 15 is 0 Å². The molecule has 0 bridgehead atoms. The average molecular weight is 369 g/mol. The van der Waals surface area contributed by atoms with Crippen LogP contribution in [0.25, 0.3) is 17.3 Å². The number of hydrogen-bond acceptors (Lipinski definition) is 3. The minimum absolute atomic E-state index is 0.209. The molecule has 3 rings (SSSR count). The molecule has 1 aromatic heterocycles. The van der Waals surface area contributed by atoms with Gasteiger partial charge in [-0.25, -0.2) is 4.98 Å². The van der Waals surface area contributed by atoms with Gasteiger partial charge in [0.1, 0.15) is 0 Å². The van der Waals surface area contributed by atoms with Crippen molar-refractivity contribution in [1.82, 2.24) is 4.98 Å². The van der Waals surface area contributed by atoms with Gasteiger partial charge in [0, 0.05) is 21.5 Å². The van der Waals surface area contributed by atoms with Crippen molar-refractivity contribution in [3.05, 3.63) is 75.6 Å². The highest BCUT2D eigenvalue weighted by Crippen LogP contribution is 2.30. The topological polar surface area (TPSA) is 42.0 Å². The summed E-state index contributed by atoms with van der Waals surface area (Å²) in [5.41, 5.74) is 4.08. The summed E-state index contributed by atoms with van der Waals surface area (Å²) in [6.45, 7) is 4.06. The fourth-order valence-corrected chi connectivity index (χ4v) is 3.29. The van der Waals surface area contributed by atoms with E-state index in [-0.39, 0.29) is 5.91 Å². The number of hydrogen-bond donors (Lipinski definition) is 1. The number of aryl methyl sites for hydroxylation is 2. The molecular weight excluding hydrogens is 352 g/mol. The Morgan fingerprint density at radius 2 is 1.76 bits per heavy atom. The second-order valence-electron chi connectivity index (χ2n) is 5.66. The number of halogens is 1. The Morgan fingerprint density at radius 1 is 1.08 bits per heavy atom. The molecule has 2 aromatic carbocycles. The minimum Gasteiger partial charge on any atom is -0.298 e. The van der Waals surface area contributed by atoms with E-state index in [9.17, 15) is 4.79 Å². The minimum atomic E-state index is -0.209. The molecule has 1 heterocycles. The summed E-state index contributed by atoms with van der Waals surface area (Å²) < 4.78 is 0. The highest BCUT2D eigenvalue weighted by Gasteiger charge is 2.11. The fraction of sp³-hybridized carbons (Fsp3) is 0.100. The first kappa shape index (κ1) is 17.4. The van der Waals surface area contributed by atoms with Crippen molar-refractivity contribution in [3.63, 3.8) is 0 Å². The Morgan fingerprint density at radius 3 is 2.44 bits per heavy atom. The molecule has 3 aromatic rings. The highest BCUT2D eigenvalue weighted by molar-refractivity contribution is 7.16. The molecule has 25 heavy (non-hydrogen) atoms. The fourth-order valence-electron chi connectivity index (χ4n) is 2.32. The Kier molecular flexibility index (Phi) is 5.31. The van der Waals surface area contributed by atoms with Gasteiger partial charge in [0.2, 0.25) is 5.91 Å². The molecule has 0 fully saturated rings. The van der Waals surface area contributed by atoms with Crippen LogP contribution in [0.1, 0.15) is 16.0 Å². The predicted octanol–water partition coefficient (Wildman–Crippen LogP) is 5.73. The van der Waals surface area contributed by atoms with Gasteiger partial charge in [-0.3, -0.25) is 10.1 Å². The van der Waals surface area contributed by atoms with E-state index in [0.29, 0.717) is 10.2 Å². The lowest BCUT2D eigenvalue weighted by atomic mass is 10.1. The summed E-state index contributed by atoms with van der Waals surface area (Å²) in [6, 6.07) is 15.5. The van der Waals surface area contributed by atoms with Crippen LogP contribution in [-0.4, -0.2) is 10.9 Å². The van der Waals surface area contributed by atoms with Crippen LogP contribution in [-0.2, 0) is 4.79 Å². The number of nitrogens with zero attached hydrogens (tertiary/aromatic N) is 1. The van der Waals surface area contributed by atoms with Crippen molar-refractivity contribution in [2.24, 2.45) is 0 Å². The van der Waals surface area contributed by atoms with E-state index < -0.39 is 0 Å². The summed E-state index contributed by atoms with van der Waals surface area (Å²) in [7, 11) is 0. The van der Waals surface area contributed by atoms with Crippen molar-refractivity contribution < 1.29 is 4.79 Å². The zero-order chi connectivity index (χ0) is 17.8. The van der Waals surface area contributed by atoms with Gasteiger partial charge in [0.05, 0.1) is 5.69 Å². The highest BCUT2D eigenvalue weighted by atomic mass is 35.5. The summed E-state index contributed by atoms with van der Waals surface area (Å²) in [6.07, 6.45) is 3.23. The molecule has 1 amide bonds. The van der Waals surface area contributed by atoms with Crippen molar-refractivity contribution in [3.8, 4) is 11.3 Å². The first-order chi connectivity index (χ1) is 12.0. The number of amides is 1. The van der Waals surface area contributed by atoms with E-state index in [4.69, 9.17) is 11.6 Å². The smallest absolute Gasteiger partial charge is 0.250 e. The molecule has 5 heteroatoms. The predicted molar refractivity (Wildman–Crippen MR) is 106 cm³/mol. The summed E-state index contributed by atoms with van der Waals surface area (Å²) >= 11 is 7.32. The molecule has 0 aliphatic rings. The molecule has 0 atom stereocenters. The largest absolute Gasteiger partial charge is 0.298 e. The Bertz CT molecular complexity index is 912. The van der Waals surface area contributed by atoms with Crippen LogP contribution < -0.4 is 5.32 Å². The van der Waals surface area contributed by atoms with E-state index in [2.05, 4.69) is 29.4 Å². The Balaban J connectivity index is 1.70. The zero-order valence-electron chi connectivity index (χ0n) is 13.9. The van der Waals surface area contributed by atoms with Gasteiger partial charge in [0.15, 0.2) is 5.13 Å². The van der Waals surface area contributed by atoms with Crippen LogP contribution in [0.2, 0.25) is 5.02 Å². The second-order valence-corrected chi connectivity index (χ2v) is 7.30. The third-order valence-electron chi connectivity index (χ3n) is 3.65. The average Bonchev–Trinajstić information content (AvgIpc) is 2.95. The standard InChI is InChI=1S/C20H17ClN2OS/c1-13-3-8-16(9-4-13)19-14(2)25-20(23-19)22-18(24)12-7-15-5-10-17(21)11-6-15/h3-12H,1-2H3,(H,22,23,24). The van der Waals surface area contributed by atoms with Crippen LogP contribution in [0.4, 0.5) is 5.13 Å². The number of rotatable bonds is 4. The summed E-state index contributed by atoms with van der Waals surface area (Å²) in [5, 5.41) is 4.09. The number of thiazole rings is 1. The van der Waals surface area contributed by atoms with Gasteiger partial charge in [-0.1, -0.05) is 53.6 Å². The lowest BCUT2D eigenvalue weighted by molar-refractivity contribution is -0.111. The number of anilines is 1. The van der Waals surface area contributed by atoms with Gasteiger partial charge in [-0.15, -0.1) is 11.3 Å². The molecular formula is C20H17ClN2OS. The van der Waals surface area contributed by atoms with Crippen molar-refractivity contribution in [1.29, 1.82) is 0 Å². The maximum Gasteiger partial charge on any atom is 0.250 e. The van der Waals surface area contributed by atoms with Crippen molar-refractivity contribution >= 4 is 40.1 Å². The molecule has 1 N–H and O–H groups in total. The first-order valence-electron chi connectivity index (χ1n) is 7.80. The van der Waals surface area contributed by atoms with Crippen LogP contribution in [0.3, 0.4) is 0 Å². The SMILES string of the molecule is Cc1ccc(-c2nc(NC(=O)C=Cc3ccc(Cl)cc3)sc2C)cc1. The quantitative estimate of drug-likeness (QED) is 0.597. The van der Waals surface area contributed by atoms with Crippen LogP contribution in [0.5, 0.6) is 0 Å². The number of nitrogens with one attached hydrogen (secondary N) is 1. The van der Waals surface area contributed by atoms with Crippen molar-refractivity contribution in [2.45, 2.75) is 13.8 Å². The van der Waals surface area contributed by atoms with Gasteiger partial charge in [-0.2, -0.15) is 0 Å². The van der Waals surface area contributed by atoms with E-state index in [1.54, 1.807) is 18.2 Å². The van der Waals surface area contributed by atoms with Gasteiger partial charge in [-0.05, 0) is 37.6 Å². The monoisotopic (exact) mass is 368 g/mol. The molecule has 0 spiro atoms. The van der Waals surface area contributed by atoms with Gasteiger partial charge < -0.3 is 0 Å². The number of aromatic nitrogens is 1. The van der Waals surface area contributed by atoms with Crippen LogP contribution >= 0.6 is 22.9 Å². The third kappa shape index (κ3) is 4.56. The lowest BCUT2D eigenvalue weighted by Gasteiger charge is -1.99. The summed E-state index contributed by atoms with van der Waals surface area (Å²) in [4.78, 5) is 17.7. The van der Waals surface area contributed by atoms with Crippen molar-refractivity contribution in [2.75, 3.05) is 5.32 Å². The van der Waals surface area contributed by atoms with Gasteiger partial charge in [0.25, 0.3) is 0 Å². The number of carbonyl (C=O) groups excluding carboxylic acids is 1. The maximum absolute atomic E-state index is 12.1. The van der Waals surface area contributed by atoms with E-state index in [1.165, 1.54) is 23.0 Å². The molecule has 0 aliphatic carbocycles. The summed E-state index contributed by atoms with van der Waals surface area (Å²) in [5.74, 6) is -0.209. The van der Waals surface area contributed by atoms with Gasteiger partial charge >= 0.3 is 0 Å². The molecule has 0 radical (unpaired) electrons. The lowest BCUT2D eigenvalue weighted by Crippen LogP contribution is -2.07. The van der Waals surface area contributed by atoms with Crippen LogP contribution in [0, 0.1) is 13.8 Å². The third-order valence-corrected chi connectivity index (χ3v) is 4.79. The Hall–Kier alpha value is -2.43. The Labute approximate surface area is 156 Å². The zero-order valence-corrected chi connectivity index (χ0v) is 15.5. The number of benzene rings is 2. The molecule has 0 aliphatic heterocycles. The molecule has 0 saturated carbocycles. The number of carbonyl (C=O) groups is 1. The first-order valence-corrected chi connectivity index (χ1v) is 9.00. The van der Waals surface area contributed by atoms with E-state index in [0.717, 1.165) is 21.7 Å². The maximum atomic E-state index is 12.1. The second kappa shape index (κ2) is 7.64. The van der Waals surface area contributed by atoms with Crippen LogP contribution in [0.15, 0.2) is 54.6 Å².